The lowest BCUT2D eigenvalue weighted by Crippen LogP contribution is -2.66. The van der Waals surface area contributed by atoms with Gasteiger partial charge in [0.1, 0.15) is 0 Å². The van der Waals surface area contributed by atoms with Gasteiger partial charge in [-0.05, 0) is 60.2 Å². The number of nitrogens with zero attached hydrogens (tertiary/aromatic N) is 1. The van der Waals surface area contributed by atoms with Gasteiger partial charge in [0, 0.05) is 0 Å². The second kappa shape index (κ2) is 2.09. The number of hydrogen-bond acceptors (Lipinski definition) is 1. The summed E-state index contributed by atoms with van der Waals surface area (Å²) in [6.07, 6.45) is 6.70. The van der Waals surface area contributed by atoms with E-state index in [2.05, 4.69) is 26.8 Å². The fourth-order valence-corrected chi connectivity index (χ4v) is 6.27. The summed E-state index contributed by atoms with van der Waals surface area (Å²) in [7, 11) is 0. The number of rotatable bonds is 0. The smallest absolute Gasteiger partial charge is 0.0696 e. The van der Waals surface area contributed by atoms with Crippen molar-refractivity contribution in [1.82, 2.24) is 0 Å². The minimum absolute atomic E-state index is 0.117. The third kappa shape index (κ3) is 0.615. The van der Waals surface area contributed by atoms with Crippen LogP contribution in [0.4, 0.5) is 0 Å². The van der Waals surface area contributed by atoms with E-state index in [-0.39, 0.29) is 5.41 Å². The monoisotopic (exact) mass is 215 g/mol. The summed E-state index contributed by atoms with van der Waals surface area (Å²) >= 11 is 0. The highest BCUT2D eigenvalue weighted by Crippen LogP contribution is 2.91. The predicted molar refractivity (Wildman–Crippen MR) is 62.4 cm³/mol. The molecule has 0 aromatic carbocycles. The number of fused-ring (bicyclic) bond motifs is 1. The normalized spacial score (nSPS) is 60.9. The predicted octanol–water partition coefficient (Wildman–Crippen LogP) is 3.75. The van der Waals surface area contributed by atoms with E-state index in [0.29, 0.717) is 16.2 Å². The Balaban J connectivity index is 1.86. The first kappa shape index (κ1) is 9.51. The van der Waals surface area contributed by atoms with Crippen LogP contribution < -0.4 is 0 Å². The van der Waals surface area contributed by atoms with Crippen molar-refractivity contribution in [2.45, 2.75) is 52.9 Å². The summed E-state index contributed by atoms with van der Waals surface area (Å²) in [6.45, 7) is 7.21. The Bertz CT molecular complexity index is 426. The number of nitriles is 1. The van der Waals surface area contributed by atoms with Crippen LogP contribution in [0.5, 0.6) is 0 Å². The van der Waals surface area contributed by atoms with Crippen molar-refractivity contribution in [2.24, 2.45) is 33.5 Å². The van der Waals surface area contributed by atoms with E-state index < -0.39 is 0 Å². The molecule has 0 heterocycles. The zero-order valence-electron chi connectivity index (χ0n) is 10.6. The quantitative estimate of drug-likeness (QED) is 0.603. The maximum absolute atomic E-state index is 9.63. The number of hydrogen-bond donors (Lipinski definition) is 0. The maximum atomic E-state index is 9.63. The van der Waals surface area contributed by atoms with Gasteiger partial charge < -0.3 is 0 Å². The molecule has 0 aliphatic heterocycles. The fourth-order valence-electron chi connectivity index (χ4n) is 6.27. The second-order valence-electron chi connectivity index (χ2n) is 8.16. The molecule has 5 unspecified atom stereocenters. The molecule has 0 aromatic heterocycles. The van der Waals surface area contributed by atoms with Crippen molar-refractivity contribution in [1.29, 1.82) is 5.26 Å². The molecule has 4 saturated carbocycles. The Morgan fingerprint density at radius 3 is 2.31 bits per heavy atom. The Morgan fingerprint density at radius 1 is 1.12 bits per heavy atom. The zero-order valence-corrected chi connectivity index (χ0v) is 10.6. The first-order valence-electron chi connectivity index (χ1n) is 6.81. The van der Waals surface area contributed by atoms with Crippen LogP contribution in [0.1, 0.15) is 52.9 Å². The SMILES string of the molecule is CC(C)(C)C12CC3CC4CC(C#N)(C1)C43C2. The summed E-state index contributed by atoms with van der Waals surface area (Å²) in [5, 5.41) is 9.63. The summed E-state index contributed by atoms with van der Waals surface area (Å²) in [5.74, 6) is 1.85. The highest BCUT2D eigenvalue weighted by molar-refractivity contribution is 5.38. The molecule has 1 nitrogen and oxygen atoms in total. The molecule has 86 valence electrons. The van der Waals surface area contributed by atoms with Crippen molar-refractivity contribution < 1.29 is 0 Å². The lowest BCUT2D eigenvalue weighted by atomic mass is 9.32. The van der Waals surface area contributed by atoms with Crippen LogP contribution >= 0.6 is 0 Å². The van der Waals surface area contributed by atoms with Crippen LogP contribution in [0.3, 0.4) is 0 Å². The van der Waals surface area contributed by atoms with Crippen LogP contribution in [0.2, 0.25) is 0 Å². The van der Waals surface area contributed by atoms with Crippen molar-refractivity contribution in [3.8, 4) is 6.07 Å². The molecule has 4 fully saturated rings. The average molecular weight is 215 g/mol. The van der Waals surface area contributed by atoms with Gasteiger partial charge >= 0.3 is 0 Å². The van der Waals surface area contributed by atoms with E-state index >= 15 is 0 Å². The van der Waals surface area contributed by atoms with E-state index in [9.17, 15) is 5.26 Å². The standard InChI is InChI=1S/C15H21N/c1-12(2,3)13-5-10-4-11-6-14(7-13,9-16)15(10,11)8-13/h10-11H,4-8H2,1-3H3. The molecule has 4 rings (SSSR count). The summed E-state index contributed by atoms with van der Waals surface area (Å²) in [5.41, 5.74) is 1.52. The van der Waals surface area contributed by atoms with Crippen molar-refractivity contribution >= 4 is 0 Å². The van der Waals surface area contributed by atoms with Crippen LogP contribution in [0, 0.1) is 44.8 Å². The molecule has 0 saturated heterocycles. The van der Waals surface area contributed by atoms with Crippen LogP contribution in [-0.4, -0.2) is 0 Å². The minimum Gasteiger partial charge on any atom is -0.198 e. The Kier molecular flexibility index (Phi) is 1.24. The largest absolute Gasteiger partial charge is 0.198 e. The van der Waals surface area contributed by atoms with E-state index in [1.54, 1.807) is 0 Å². The molecule has 1 spiro atoms. The molecule has 1 heteroatoms. The van der Waals surface area contributed by atoms with Crippen LogP contribution in [0.25, 0.3) is 0 Å². The molecule has 2 bridgehead atoms. The average Bonchev–Trinajstić information content (AvgIpc) is 2.60. The molecule has 4 aliphatic rings. The Hall–Kier alpha value is -0.510. The fraction of sp³-hybridized carbons (Fsp3) is 0.933. The second-order valence-corrected chi connectivity index (χ2v) is 8.16. The highest BCUT2D eigenvalue weighted by Gasteiger charge is 2.85. The van der Waals surface area contributed by atoms with Gasteiger partial charge in [0.15, 0.2) is 0 Å². The van der Waals surface area contributed by atoms with Gasteiger partial charge in [-0.25, -0.2) is 0 Å². The summed E-state index contributed by atoms with van der Waals surface area (Å²) in [4.78, 5) is 0. The minimum atomic E-state index is 0.117. The van der Waals surface area contributed by atoms with Crippen molar-refractivity contribution in [3.63, 3.8) is 0 Å². The van der Waals surface area contributed by atoms with Gasteiger partial charge in [-0.2, -0.15) is 5.26 Å². The van der Waals surface area contributed by atoms with Gasteiger partial charge in [0.05, 0.1) is 11.5 Å². The third-order valence-corrected chi connectivity index (χ3v) is 7.23. The molecule has 0 aromatic rings. The van der Waals surface area contributed by atoms with E-state index in [1.165, 1.54) is 32.1 Å². The van der Waals surface area contributed by atoms with Gasteiger partial charge in [-0.3, -0.25) is 0 Å². The maximum Gasteiger partial charge on any atom is 0.0696 e. The topological polar surface area (TPSA) is 23.8 Å². The van der Waals surface area contributed by atoms with E-state index in [0.717, 1.165) is 11.8 Å². The first-order chi connectivity index (χ1) is 7.39. The van der Waals surface area contributed by atoms with Gasteiger partial charge in [0.2, 0.25) is 0 Å². The van der Waals surface area contributed by atoms with E-state index in [1.807, 2.05) is 0 Å². The van der Waals surface area contributed by atoms with Crippen molar-refractivity contribution in [2.75, 3.05) is 0 Å². The van der Waals surface area contributed by atoms with Gasteiger partial charge in [-0.15, -0.1) is 0 Å². The highest BCUT2D eigenvalue weighted by atomic mass is 14.9. The lowest BCUT2D eigenvalue weighted by Gasteiger charge is -2.70. The molecule has 0 N–H and O–H groups in total. The van der Waals surface area contributed by atoms with Crippen LogP contribution in [-0.2, 0) is 0 Å². The molecule has 4 aliphatic carbocycles. The molecule has 0 amide bonds. The first-order valence-corrected chi connectivity index (χ1v) is 6.81. The Morgan fingerprint density at radius 2 is 1.81 bits per heavy atom. The molecular weight excluding hydrogens is 194 g/mol. The molecule has 16 heavy (non-hydrogen) atoms. The molecule has 0 radical (unpaired) electrons. The summed E-state index contributed by atoms with van der Waals surface area (Å²) < 4.78 is 0. The summed E-state index contributed by atoms with van der Waals surface area (Å²) in [6, 6.07) is 2.76. The van der Waals surface area contributed by atoms with Gasteiger partial charge in [0.25, 0.3) is 0 Å². The molecule has 5 atom stereocenters. The lowest BCUT2D eigenvalue weighted by molar-refractivity contribution is -0.219. The third-order valence-electron chi connectivity index (χ3n) is 7.23. The van der Waals surface area contributed by atoms with Gasteiger partial charge in [-0.1, -0.05) is 20.8 Å². The Labute approximate surface area is 98.2 Å². The molecular formula is C15H21N. The zero-order chi connectivity index (χ0) is 11.4. The van der Waals surface area contributed by atoms with Crippen molar-refractivity contribution in [3.05, 3.63) is 0 Å². The van der Waals surface area contributed by atoms with Crippen LogP contribution in [0.15, 0.2) is 0 Å². The van der Waals surface area contributed by atoms with E-state index in [4.69, 9.17) is 0 Å².